The van der Waals surface area contributed by atoms with Crippen LogP contribution in [0.15, 0.2) is 48.5 Å². The molecule has 0 aliphatic carbocycles. The highest BCUT2D eigenvalue weighted by molar-refractivity contribution is 6.03. The van der Waals surface area contributed by atoms with Crippen LogP contribution in [-0.2, 0) is 16.1 Å². The molecule has 1 unspecified atom stereocenters. The average Bonchev–Trinajstić information content (AvgIpc) is 2.60. The molecule has 0 radical (unpaired) electrons. The van der Waals surface area contributed by atoms with Gasteiger partial charge in [0.05, 0.1) is 11.7 Å². The van der Waals surface area contributed by atoms with E-state index in [0.29, 0.717) is 18.0 Å². The average molecular weight is 324 g/mol. The number of nitrogens with one attached hydrogen (secondary N) is 1. The number of amides is 1. The van der Waals surface area contributed by atoms with Gasteiger partial charge in [-0.1, -0.05) is 30.3 Å². The largest absolute Gasteiger partial charge is 0.481 e. The van der Waals surface area contributed by atoms with Gasteiger partial charge in [-0.3, -0.25) is 14.5 Å². The van der Waals surface area contributed by atoms with Gasteiger partial charge in [0.1, 0.15) is 5.75 Å². The van der Waals surface area contributed by atoms with Crippen molar-refractivity contribution in [3.05, 3.63) is 54.1 Å². The molecule has 124 valence electrons. The van der Waals surface area contributed by atoms with E-state index in [0.717, 1.165) is 5.69 Å². The lowest BCUT2D eigenvalue weighted by molar-refractivity contribution is -0.125. The molecular weight excluding hydrogens is 304 g/mol. The van der Waals surface area contributed by atoms with E-state index in [-0.39, 0.29) is 18.3 Å². The molecule has 0 fully saturated rings. The van der Waals surface area contributed by atoms with Gasteiger partial charge in [-0.05, 0) is 31.5 Å². The van der Waals surface area contributed by atoms with Gasteiger partial charge in [-0.25, -0.2) is 0 Å². The molecule has 5 nitrogen and oxygen atoms in total. The Labute approximate surface area is 141 Å². The summed E-state index contributed by atoms with van der Waals surface area (Å²) >= 11 is 0. The van der Waals surface area contributed by atoms with E-state index in [1.54, 1.807) is 6.92 Å². The third-order valence-electron chi connectivity index (χ3n) is 4.15. The van der Waals surface area contributed by atoms with Crippen LogP contribution in [0.3, 0.4) is 0 Å². The maximum atomic E-state index is 12.1. The quantitative estimate of drug-likeness (QED) is 0.918. The number of Topliss-reactive ketones (excluding diaryl/α,β-unsaturated/α-hetero) is 1. The normalized spacial score (nSPS) is 14.6. The predicted molar refractivity (Wildman–Crippen MR) is 93.3 cm³/mol. The summed E-state index contributed by atoms with van der Waals surface area (Å²) in [7, 11) is 0. The van der Waals surface area contributed by atoms with Crippen molar-refractivity contribution >= 4 is 23.1 Å². The topological polar surface area (TPSA) is 58.6 Å². The van der Waals surface area contributed by atoms with Crippen LogP contribution in [0, 0.1) is 0 Å². The molecule has 1 N–H and O–H groups in total. The zero-order valence-corrected chi connectivity index (χ0v) is 13.8. The summed E-state index contributed by atoms with van der Waals surface area (Å²) < 4.78 is 5.55. The zero-order chi connectivity index (χ0) is 17.1. The number of benzene rings is 2. The molecule has 1 amide bonds. The Kier molecular flexibility index (Phi) is 4.51. The third-order valence-corrected chi connectivity index (χ3v) is 4.15. The van der Waals surface area contributed by atoms with Crippen molar-refractivity contribution in [2.45, 2.75) is 26.4 Å². The first-order valence-corrected chi connectivity index (χ1v) is 7.93. The van der Waals surface area contributed by atoms with Crippen molar-refractivity contribution in [3.8, 4) is 5.75 Å². The van der Waals surface area contributed by atoms with Crippen molar-refractivity contribution in [1.82, 2.24) is 0 Å². The number of ether oxygens (including phenoxy) is 1. The number of fused-ring (bicyclic) bond motifs is 1. The summed E-state index contributed by atoms with van der Waals surface area (Å²) in [5, 5.41) is 3.34. The lowest BCUT2D eigenvalue weighted by Crippen LogP contribution is -2.47. The second kappa shape index (κ2) is 6.74. The van der Waals surface area contributed by atoms with Gasteiger partial charge in [0.2, 0.25) is 0 Å². The molecule has 2 aromatic carbocycles. The fourth-order valence-corrected chi connectivity index (χ4v) is 2.69. The number of hydrogen-bond acceptors (Lipinski definition) is 4. The van der Waals surface area contributed by atoms with E-state index in [9.17, 15) is 9.59 Å². The van der Waals surface area contributed by atoms with Crippen LogP contribution in [0.1, 0.15) is 19.4 Å². The van der Waals surface area contributed by atoms with E-state index in [4.69, 9.17) is 4.74 Å². The first-order chi connectivity index (χ1) is 11.6. The van der Waals surface area contributed by atoms with Crippen molar-refractivity contribution in [2.24, 2.45) is 0 Å². The van der Waals surface area contributed by atoms with Crippen LogP contribution >= 0.6 is 0 Å². The molecule has 1 aliphatic rings. The van der Waals surface area contributed by atoms with Crippen LogP contribution in [0.2, 0.25) is 0 Å². The summed E-state index contributed by atoms with van der Waals surface area (Å²) in [5.74, 6) is 0.360. The van der Waals surface area contributed by atoms with Gasteiger partial charge in [0.15, 0.2) is 12.4 Å². The SMILES string of the molecule is CC(=O)C(C)N1C(=O)COc2cc(NCc3ccccc3)ccc21. The number of ketones is 1. The van der Waals surface area contributed by atoms with Crippen molar-refractivity contribution < 1.29 is 14.3 Å². The molecule has 24 heavy (non-hydrogen) atoms. The first kappa shape index (κ1) is 16.1. The molecule has 2 aromatic rings. The van der Waals surface area contributed by atoms with Gasteiger partial charge >= 0.3 is 0 Å². The molecule has 0 saturated heterocycles. The van der Waals surface area contributed by atoms with E-state index in [1.807, 2.05) is 36.4 Å². The summed E-state index contributed by atoms with van der Waals surface area (Å²) in [4.78, 5) is 25.3. The highest BCUT2D eigenvalue weighted by Crippen LogP contribution is 2.35. The van der Waals surface area contributed by atoms with Gasteiger partial charge in [0, 0.05) is 18.3 Å². The smallest absolute Gasteiger partial charge is 0.265 e. The Balaban J connectivity index is 1.80. The van der Waals surface area contributed by atoms with Gasteiger partial charge < -0.3 is 10.1 Å². The molecule has 0 bridgehead atoms. The molecular formula is C19H20N2O3. The molecule has 0 aromatic heterocycles. The highest BCUT2D eigenvalue weighted by Gasteiger charge is 2.31. The minimum Gasteiger partial charge on any atom is -0.481 e. The van der Waals surface area contributed by atoms with E-state index in [1.165, 1.54) is 17.4 Å². The minimum atomic E-state index is -0.497. The van der Waals surface area contributed by atoms with E-state index >= 15 is 0 Å². The first-order valence-electron chi connectivity index (χ1n) is 7.93. The monoisotopic (exact) mass is 324 g/mol. The van der Waals surface area contributed by atoms with Crippen molar-refractivity contribution in [1.29, 1.82) is 0 Å². The molecule has 1 heterocycles. The number of nitrogens with zero attached hydrogens (tertiary/aromatic N) is 1. The molecule has 3 rings (SSSR count). The highest BCUT2D eigenvalue weighted by atomic mass is 16.5. The minimum absolute atomic E-state index is 0.0489. The van der Waals surface area contributed by atoms with Crippen LogP contribution < -0.4 is 15.0 Å². The van der Waals surface area contributed by atoms with Crippen LogP contribution in [0.4, 0.5) is 11.4 Å². The van der Waals surface area contributed by atoms with Crippen LogP contribution in [0.5, 0.6) is 5.75 Å². The predicted octanol–water partition coefficient (Wildman–Crippen LogP) is 3.00. The number of hydrogen-bond donors (Lipinski definition) is 1. The summed E-state index contributed by atoms with van der Waals surface area (Å²) in [6.45, 7) is 3.87. The van der Waals surface area contributed by atoms with Crippen molar-refractivity contribution in [3.63, 3.8) is 0 Å². The Hall–Kier alpha value is -2.82. The summed E-state index contributed by atoms with van der Waals surface area (Å²) in [6, 6.07) is 15.2. The van der Waals surface area contributed by atoms with Gasteiger partial charge in [0.25, 0.3) is 5.91 Å². The van der Waals surface area contributed by atoms with Crippen LogP contribution in [-0.4, -0.2) is 24.3 Å². The molecule has 0 spiro atoms. The van der Waals surface area contributed by atoms with Crippen molar-refractivity contribution in [2.75, 3.05) is 16.8 Å². The third kappa shape index (κ3) is 3.25. The fourth-order valence-electron chi connectivity index (χ4n) is 2.69. The Bertz CT molecular complexity index is 758. The number of anilines is 2. The second-order valence-corrected chi connectivity index (χ2v) is 5.86. The molecule has 5 heteroatoms. The van der Waals surface area contributed by atoms with E-state index in [2.05, 4.69) is 17.4 Å². The number of carbonyl (C=O) groups excluding carboxylic acids is 2. The number of carbonyl (C=O) groups is 2. The standard InChI is InChI=1S/C19H20N2O3/c1-13(14(2)22)21-17-9-8-16(10-18(17)24-12-19(21)23)20-11-15-6-4-3-5-7-15/h3-10,13,20H,11-12H2,1-2H3. The molecule has 0 saturated carbocycles. The maximum absolute atomic E-state index is 12.1. The fraction of sp³-hybridized carbons (Fsp3) is 0.263. The van der Waals surface area contributed by atoms with Gasteiger partial charge in [-0.15, -0.1) is 0 Å². The number of rotatable bonds is 5. The Morgan fingerprint density at radius 1 is 1.25 bits per heavy atom. The summed E-state index contributed by atoms with van der Waals surface area (Å²) in [5.41, 5.74) is 2.72. The maximum Gasteiger partial charge on any atom is 0.265 e. The van der Waals surface area contributed by atoms with E-state index < -0.39 is 6.04 Å². The summed E-state index contributed by atoms with van der Waals surface area (Å²) in [6.07, 6.45) is 0. The zero-order valence-electron chi connectivity index (χ0n) is 13.8. The lowest BCUT2D eigenvalue weighted by atomic mass is 10.1. The lowest BCUT2D eigenvalue weighted by Gasteiger charge is -2.33. The molecule has 1 atom stereocenters. The Morgan fingerprint density at radius 2 is 2.00 bits per heavy atom. The van der Waals surface area contributed by atoms with Gasteiger partial charge in [-0.2, -0.15) is 0 Å². The molecule has 1 aliphatic heterocycles. The van der Waals surface area contributed by atoms with Crippen LogP contribution in [0.25, 0.3) is 0 Å². The Morgan fingerprint density at radius 3 is 2.71 bits per heavy atom. The second-order valence-electron chi connectivity index (χ2n) is 5.86.